The molecule has 0 aromatic heterocycles. The number of Topliss-reactive ketones (excluding diaryl/α,β-unsaturated/α-hetero) is 1. The van der Waals surface area contributed by atoms with Crippen molar-refractivity contribution in [2.75, 3.05) is 0 Å². The molecule has 0 aromatic carbocycles. The molecular formula is C7H10O5. The van der Waals surface area contributed by atoms with Crippen molar-refractivity contribution in [3.05, 3.63) is 11.7 Å². The molecule has 5 heteroatoms. The number of aliphatic hydroxyl groups excluding tert-OH is 3. The van der Waals surface area contributed by atoms with Crippen LogP contribution in [0.5, 0.6) is 0 Å². The maximum Gasteiger partial charge on any atom is 0.325 e. The molecule has 0 amide bonds. The second kappa shape index (κ2) is 3.02. The lowest BCUT2D eigenvalue weighted by Gasteiger charge is -2.13. The van der Waals surface area contributed by atoms with Crippen LogP contribution in [-0.2, 0) is 9.53 Å². The Morgan fingerprint density at radius 3 is 2.50 bits per heavy atom. The molecule has 2 unspecified atom stereocenters. The Labute approximate surface area is 68.9 Å². The minimum absolute atomic E-state index is 0.316. The van der Waals surface area contributed by atoms with Crippen molar-refractivity contribution in [3.8, 4) is 0 Å². The van der Waals surface area contributed by atoms with Gasteiger partial charge in [-0.3, -0.25) is 4.79 Å². The van der Waals surface area contributed by atoms with E-state index in [1.807, 2.05) is 0 Å². The van der Waals surface area contributed by atoms with Gasteiger partial charge in [0, 0.05) is 0 Å². The normalized spacial score (nSPS) is 25.8. The first-order chi connectivity index (χ1) is 5.57. The van der Waals surface area contributed by atoms with Gasteiger partial charge in [-0.2, -0.15) is 0 Å². The van der Waals surface area contributed by atoms with Gasteiger partial charge in [0.15, 0.2) is 6.10 Å². The van der Waals surface area contributed by atoms with Crippen molar-refractivity contribution in [3.63, 3.8) is 0 Å². The molecule has 0 bridgehead atoms. The lowest BCUT2D eigenvalue weighted by molar-refractivity contribution is -0.129. The van der Waals surface area contributed by atoms with E-state index in [0.717, 1.165) is 0 Å². The number of carbonyl (C=O) groups excluding carboxylic acids is 1. The zero-order chi connectivity index (χ0) is 9.30. The number of ketones is 1. The van der Waals surface area contributed by atoms with Crippen molar-refractivity contribution in [1.82, 2.24) is 0 Å². The minimum atomic E-state index is -1.16. The molecule has 1 rings (SSSR count). The Morgan fingerprint density at radius 2 is 2.17 bits per heavy atom. The molecule has 0 saturated heterocycles. The Hall–Kier alpha value is -1.23. The van der Waals surface area contributed by atoms with Crippen LogP contribution in [0.15, 0.2) is 11.7 Å². The standard InChI is InChI=1S/C7H10O5/c1-2-3(8)6-4(9)5(10)7(11)12-6/h3,6,8,10-11H,2H2,1H3. The van der Waals surface area contributed by atoms with E-state index in [0.29, 0.717) is 6.42 Å². The van der Waals surface area contributed by atoms with Gasteiger partial charge >= 0.3 is 5.95 Å². The molecule has 12 heavy (non-hydrogen) atoms. The lowest BCUT2D eigenvalue weighted by atomic mass is 10.1. The van der Waals surface area contributed by atoms with E-state index in [2.05, 4.69) is 4.74 Å². The first-order valence-corrected chi connectivity index (χ1v) is 3.59. The molecule has 1 aliphatic rings. The van der Waals surface area contributed by atoms with Gasteiger partial charge in [0.1, 0.15) is 0 Å². The molecule has 0 saturated carbocycles. The first-order valence-electron chi connectivity index (χ1n) is 3.59. The van der Waals surface area contributed by atoms with Crippen LogP contribution in [0.4, 0.5) is 0 Å². The maximum atomic E-state index is 11.0. The van der Waals surface area contributed by atoms with Crippen LogP contribution in [0.3, 0.4) is 0 Å². The zero-order valence-electron chi connectivity index (χ0n) is 6.52. The third kappa shape index (κ3) is 1.23. The highest BCUT2D eigenvalue weighted by molar-refractivity contribution is 5.99. The SMILES string of the molecule is CCC(O)C1OC(O)=C(O)C1=O. The van der Waals surface area contributed by atoms with Gasteiger partial charge in [-0.05, 0) is 6.42 Å². The van der Waals surface area contributed by atoms with Crippen LogP contribution in [0.2, 0.25) is 0 Å². The molecule has 0 radical (unpaired) electrons. The number of rotatable bonds is 2. The van der Waals surface area contributed by atoms with Crippen LogP contribution in [0, 0.1) is 0 Å². The van der Waals surface area contributed by atoms with Crippen molar-refractivity contribution >= 4 is 5.78 Å². The van der Waals surface area contributed by atoms with E-state index in [-0.39, 0.29) is 0 Å². The Morgan fingerprint density at radius 1 is 1.58 bits per heavy atom. The van der Waals surface area contributed by atoms with Gasteiger partial charge in [-0.25, -0.2) is 0 Å². The molecule has 0 aliphatic carbocycles. The summed E-state index contributed by atoms with van der Waals surface area (Å²) in [6, 6.07) is 0. The van der Waals surface area contributed by atoms with E-state index in [9.17, 15) is 4.79 Å². The second-order valence-corrected chi connectivity index (χ2v) is 2.53. The van der Waals surface area contributed by atoms with E-state index in [1.165, 1.54) is 0 Å². The zero-order valence-corrected chi connectivity index (χ0v) is 6.52. The van der Waals surface area contributed by atoms with Crippen molar-refractivity contribution in [2.24, 2.45) is 0 Å². The molecule has 68 valence electrons. The van der Waals surface area contributed by atoms with Crippen LogP contribution in [0.1, 0.15) is 13.3 Å². The monoisotopic (exact) mass is 174 g/mol. The van der Waals surface area contributed by atoms with Gasteiger partial charge in [0.25, 0.3) is 0 Å². The molecule has 1 heterocycles. The molecule has 5 nitrogen and oxygen atoms in total. The average Bonchev–Trinajstić information content (AvgIpc) is 2.32. The van der Waals surface area contributed by atoms with Gasteiger partial charge in [0.05, 0.1) is 6.10 Å². The molecule has 0 aromatic rings. The third-order valence-corrected chi connectivity index (χ3v) is 1.70. The van der Waals surface area contributed by atoms with Gasteiger partial charge in [-0.1, -0.05) is 6.92 Å². The fraction of sp³-hybridized carbons (Fsp3) is 0.571. The van der Waals surface area contributed by atoms with Crippen LogP contribution < -0.4 is 0 Å². The molecule has 0 fully saturated rings. The number of carbonyl (C=O) groups is 1. The highest BCUT2D eigenvalue weighted by atomic mass is 16.6. The minimum Gasteiger partial charge on any atom is -0.499 e. The molecule has 1 aliphatic heterocycles. The molecule has 0 spiro atoms. The van der Waals surface area contributed by atoms with Gasteiger partial charge < -0.3 is 20.1 Å². The van der Waals surface area contributed by atoms with Crippen molar-refractivity contribution in [2.45, 2.75) is 25.6 Å². The topological polar surface area (TPSA) is 87.0 Å². The lowest BCUT2D eigenvalue weighted by Crippen LogP contribution is -2.32. The van der Waals surface area contributed by atoms with Gasteiger partial charge in [-0.15, -0.1) is 0 Å². The summed E-state index contributed by atoms with van der Waals surface area (Å²) in [6.45, 7) is 1.66. The summed E-state index contributed by atoms with van der Waals surface area (Å²) in [5, 5.41) is 26.8. The summed E-state index contributed by atoms with van der Waals surface area (Å²) >= 11 is 0. The Kier molecular flexibility index (Phi) is 2.23. The number of ether oxygens (including phenoxy) is 1. The molecule has 2 atom stereocenters. The predicted molar refractivity (Wildman–Crippen MR) is 38.5 cm³/mol. The van der Waals surface area contributed by atoms with E-state index in [1.54, 1.807) is 6.92 Å². The summed E-state index contributed by atoms with van der Waals surface area (Å²) in [6.07, 6.45) is -1.84. The van der Waals surface area contributed by atoms with E-state index in [4.69, 9.17) is 15.3 Å². The smallest absolute Gasteiger partial charge is 0.325 e. The van der Waals surface area contributed by atoms with Crippen molar-refractivity contribution < 1.29 is 24.9 Å². The number of aliphatic hydroxyl groups is 3. The van der Waals surface area contributed by atoms with E-state index < -0.39 is 29.7 Å². The molecule has 3 N–H and O–H groups in total. The summed E-state index contributed by atoms with van der Waals surface area (Å²) in [5.74, 6) is -2.40. The highest BCUT2D eigenvalue weighted by Gasteiger charge is 2.39. The first kappa shape index (κ1) is 8.86. The summed E-state index contributed by atoms with van der Waals surface area (Å²) in [7, 11) is 0. The largest absolute Gasteiger partial charge is 0.499 e. The predicted octanol–water partition coefficient (Wildman–Crippen LogP) is 0.0103. The quantitative estimate of drug-likeness (QED) is 0.549. The third-order valence-electron chi connectivity index (χ3n) is 1.70. The van der Waals surface area contributed by atoms with Crippen LogP contribution in [0.25, 0.3) is 0 Å². The van der Waals surface area contributed by atoms with Crippen molar-refractivity contribution in [1.29, 1.82) is 0 Å². The summed E-state index contributed by atoms with van der Waals surface area (Å²) in [5.41, 5.74) is 0. The fourth-order valence-electron chi connectivity index (χ4n) is 0.937. The van der Waals surface area contributed by atoms with E-state index >= 15 is 0 Å². The summed E-state index contributed by atoms with van der Waals surface area (Å²) in [4.78, 5) is 11.0. The Bertz CT molecular complexity index is 232. The molecular weight excluding hydrogens is 164 g/mol. The number of hydrogen-bond donors (Lipinski definition) is 3. The second-order valence-electron chi connectivity index (χ2n) is 2.53. The number of hydrogen-bond acceptors (Lipinski definition) is 5. The highest BCUT2D eigenvalue weighted by Crippen LogP contribution is 2.21. The average molecular weight is 174 g/mol. The fourth-order valence-corrected chi connectivity index (χ4v) is 0.937. The maximum absolute atomic E-state index is 11.0. The van der Waals surface area contributed by atoms with Crippen LogP contribution in [-0.4, -0.2) is 33.3 Å². The van der Waals surface area contributed by atoms with Crippen LogP contribution >= 0.6 is 0 Å². The van der Waals surface area contributed by atoms with Gasteiger partial charge in [0.2, 0.25) is 11.5 Å². The summed E-state index contributed by atoms with van der Waals surface area (Å²) < 4.78 is 4.52. The Balaban J connectivity index is 2.73.